The van der Waals surface area contributed by atoms with Gasteiger partial charge in [0.25, 0.3) is 0 Å². The Balaban J connectivity index is 1.62. The molecule has 4 rings (SSSR count). The Kier molecular flexibility index (Phi) is 7.14. The van der Waals surface area contributed by atoms with Gasteiger partial charge < -0.3 is 9.84 Å². The van der Waals surface area contributed by atoms with Crippen molar-refractivity contribution < 1.29 is 14.6 Å². The van der Waals surface area contributed by atoms with Gasteiger partial charge in [-0.25, -0.2) is 0 Å². The van der Waals surface area contributed by atoms with Crippen LogP contribution in [0.3, 0.4) is 0 Å². The SMILES string of the molecule is CC(=O)O[C@H]1C[C@H]2[C@@H](CC=C3C[C@@H](O)CC[C@@]32C)[C@@H]2CC[C@H]([C@H](C)CC[C@@H](C)C(C)C)[C@@]12C. The highest BCUT2D eigenvalue weighted by atomic mass is 16.5. The fraction of sp³-hybridized carbons (Fsp3) is 0.900. The van der Waals surface area contributed by atoms with Gasteiger partial charge in [-0.15, -0.1) is 0 Å². The lowest BCUT2D eigenvalue weighted by Crippen LogP contribution is -2.57. The van der Waals surface area contributed by atoms with E-state index in [-0.39, 0.29) is 29.0 Å². The summed E-state index contributed by atoms with van der Waals surface area (Å²) in [6.07, 6.45) is 12.5. The van der Waals surface area contributed by atoms with Crippen LogP contribution in [0.15, 0.2) is 11.6 Å². The molecule has 4 aliphatic rings. The molecule has 0 spiro atoms. The second-order valence-corrected chi connectivity index (χ2v) is 13.3. The fourth-order valence-electron chi connectivity index (χ4n) is 8.98. The van der Waals surface area contributed by atoms with E-state index in [2.05, 4.69) is 47.6 Å². The lowest BCUT2D eigenvalue weighted by atomic mass is 9.46. The summed E-state index contributed by atoms with van der Waals surface area (Å²) in [6.45, 7) is 16.1. The predicted molar refractivity (Wildman–Crippen MR) is 135 cm³/mol. The molecule has 3 nitrogen and oxygen atoms in total. The average Bonchev–Trinajstić information content (AvgIpc) is 3.11. The van der Waals surface area contributed by atoms with Gasteiger partial charge in [-0.3, -0.25) is 4.79 Å². The molecule has 33 heavy (non-hydrogen) atoms. The number of carbonyl (C=O) groups is 1. The Morgan fingerprint density at radius 3 is 2.52 bits per heavy atom. The number of allylic oxidation sites excluding steroid dienone is 1. The van der Waals surface area contributed by atoms with E-state index in [1.54, 1.807) is 6.92 Å². The van der Waals surface area contributed by atoms with Crippen LogP contribution in [-0.4, -0.2) is 23.3 Å². The minimum Gasteiger partial charge on any atom is -0.462 e. The van der Waals surface area contributed by atoms with Crippen molar-refractivity contribution in [3.05, 3.63) is 11.6 Å². The highest BCUT2D eigenvalue weighted by Gasteiger charge is 2.63. The molecule has 0 bridgehead atoms. The van der Waals surface area contributed by atoms with Crippen molar-refractivity contribution in [2.75, 3.05) is 0 Å². The molecule has 1 N–H and O–H groups in total. The Morgan fingerprint density at radius 1 is 1.12 bits per heavy atom. The number of hydrogen-bond acceptors (Lipinski definition) is 3. The third kappa shape index (κ3) is 4.34. The molecule has 0 aromatic rings. The molecule has 10 atom stereocenters. The number of hydrogen-bond donors (Lipinski definition) is 1. The third-order valence-corrected chi connectivity index (χ3v) is 11.4. The molecule has 0 saturated heterocycles. The van der Waals surface area contributed by atoms with Crippen LogP contribution in [0, 0.1) is 52.3 Å². The van der Waals surface area contributed by atoms with Gasteiger partial charge in [-0.2, -0.15) is 0 Å². The van der Waals surface area contributed by atoms with Gasteiger partial charge in [-0.05, 0) is 91.8 Å². The van der Waals surface area contributed by atoms with E-state index in [4.69, 9.17) is 4.74 Å². The lowest BCUT2D eigenvalue weighted by Gasteiger charge is -2.60. The summed E-state index contributed by atoms with van der Waals surface area (Å²) in [5.74, 6) is 4.61. The smallest absolute Gasteiger partial charge is 0.302 e. The molecule has 3 fully saturated rings. The molecular weight excluding hydrogens is 408 g/mol. The van der Waals surface area contributed by atoms with Gasteiger partial charge in [0.1, 0.15) is 6.10 Å². The van der Waals surface area contributed by atoms with E-state index in [9.17, 15) is 9.90 Å². The standard InChI is InChI=1S/C30H50O3/c1-18(2)19(3)8-9-20(4)25-12-13-26-24-11-10-22-16-23(32)14-15-29(22,6)27(24)17-28(30(25,26)7)33-21(5)31/h10,18-20,23-28,32H,8-9,11-17H2,1-7H3/t19-,20-,23+,24+,25-,26+,27+,28+,29+,30-/m1/s1. The molecule has 0 heterocycles. The van der Waals surface area contributed by atoms with Crippen molar-refractivity contribution >= 4 is 5.97 Å². The summed E-state index contributed by atoms with van der Waals surface area (Å²) in [6, 6.07) is 0. The fourth-order valence-corrected chi connectivity index (χ4v) is 8.98. The maximum absolute atomic E-state index is 12.3. The summed E-state index contributed by atoms with van der Waals surface area (Å²) in [5, 5.41) is 10.3. The normalized spacial score (nSPS) is 44.3. The number of fused-ring (bicyclic) bond motifs is 5. The van der Waals surface area contributed by atoms with Crippen molar-refractivity contribution in [2.45, 2.75) is 118 Å². The summed E-state index contributed by atoms with van der Waals surface area (Å²) >= 11 is 0. The molecule has 0 amide bonds. The Hall–Kier alpha value is -0.830. The maximum atomic E-state index is 12.3. The zero-order valence-corrected chi connectivity index (χ0v) is 22.4. The first-order chi connectivity index (χ1) is 15.5. The number of aliphatic hydroxyl groups is 1. The van der Waals surface area contributed by atoms with Crippen LogP contribution in [-0.2, 0) is 9.53 Å². The van der Waals surface area contributed by atoms with Crippen molar-refractivity contribution in [1.82, 2.24) is 0 Å². The average molecular weight is 459 g/mol. The lowest BCUT2D eigenvalue weighted by molar-refractivity contribution is -0.180. The topological polar surface area (TPSA) is 46.5 Å². The predicted octanol–water partition coefficient (Wildman–Crippen LogP) is 7.18. The highest BCUT2D eigenvalue weighted by Crippen LogP contribution is 2.68. The zero-order chi connectivity index (χ0) is 24.1. The van der Waals surface area contributed by atoms with Gasteiger partial charge in [0.2, 0.25) is 0 Å². The molecule has 3 saturated carbocycles. The zero-order valence-electron chi connectivity index (χ0n) is 22.4. The van der Waals surface area contributed by atoms with Crippen LogP contribution in [0.25, 0.3) is 0 Å². The molecule has 0 unspecified atom stereocenters. The monoisotopic (exact) mass is 458 g/mol. The molecule has 188 valence electrons. The maximum Gasteiger partial charge on any atom is 0.302 e. The van der Waals surface area contributed by atoms with E-state index in [1.165, 1.54) is 31.3 Å². The number of rotatable bonds is 6. The minimum atomic E-state index is -0.177. The van der Waals surface area contributed by atoms with Crippen molar-refractivity contribution in [1.29, 1.82) is 0 Å². The van der Waals surface area contributed by atoms with Crippen LogP contribution >= 0.6 is 0 Å². The van der Waals surface area contributed by atoms with E-state index in [0.717, 1.165) is 43.9 Å². The molecule has 3 heteroatoms. The van der Waals surface area contributed by atoms with Crippen LogP contribution in [0.5, 0.6) is 0 Å². The van der Waals surface area contributed by atoms with Gasteiger partial charge in [-0.1, -0.05) is 66.0 Å². The first kappa shape index (κ1) is 25.3. The van der Waals surface area contributed by atoms with Gasteiger partial charge in [0.05, 0.1) is 6.10 Å². The number of aliphatic hydroxyl groups excluding tert-OH is 1. The Morgan fingerprint density at radius 2 is 1.85 bits per heavy atom. The quantitative estimate of drug-likeness (QED) is 0.339. The number of esters is 1. The van der Waals surface area contributed by atoms with E-state index in [0.29, 0.717) is 29.6 Å². The first-order valence-electron chi connectivity index (χ1n) is 14.0. The van der Waals surface area contributed by atoms with Crippen molar-refractivity contribution in [3.63, 3.8) is 0 Å². The highest BCUT2D eigenvalue weighted by molar-refractivity contribution is 5.66. The van der Waals surface area contributed by atoms with Crippen molar-refractivity contribution in [2.24, 2.45) is 52.3 Å². The molecule has 0 aromatic carbocycles. The molecule has 0 aromatic heterocycles. The second-order valence-electron chi connectivity index (χ2n) is 13.3. The van der Waals surface area contributed by atoms with E-state index >= 15 is 0 Å². The van der Waals surface area contributed by atoms with Gasteiger partial charge >= 0.3 is 5.97 Å². The summed E-state index contributed by atoms with van der Waals surface area (Å²) in [4.78, 5) is 12.3. The number of carbonyl (C=O) groups excluding carboxylic acids is 1. The second kappa shape index (κ2) is 9.32. The van der Waals surface area contributed by atoms with Gasteiger partial charge in [0, 0.05) is 12.3 Å². The van der Waals surface area contributed by atoms with Crippen LogP contribution in [0.4, 0.5) is 0 Å². The third-order valence-electron chi connectivity index (χ3n) is 11.4. The first-order valence-corrected chi connectivity index (χ1v) is 14.0. The number of ether oxygens (including phenoxy) is 1. The summed E-state index contributed by atoms with van der Waals surface area (Å²) in [7, 11) is 0. The Bertz CT molecular complexity index is 756. The summed E-state index contributed by atoms with van der Waals surface area (Å²) in [5.41, 5.74) is 1.74. The minimum absolute atomic E-state index is 0.0294. The van der Waals surface area contributed by atoms with Crippen LogP contribution < -0.4 is 0 Å². The largest absolute Gasteiger partial charge is 0.462 e. The van der Waals surface area contributed by atoms with E-state index < -0.39 is 0 Å². The Labute approximate surface area is 203 Å². The molecular formula is C30H50O3. The molecule has 4 aliphatic carbocycles. The van der Waals surface area contributed by atoms with E-state index in [1.807, 2.05) is 0 Å². The molecule has 0 radical (unpaired) electrons. The van der Waals surface area contributed by atoms with Crippen molar-refractivity contribution in [3.8, 4) is 0 Å². The van der Waals surface area contributed by atoms with Gasteiger partial charge in [0.15, 0.2) is 0 Å². The van der Waals surface area contributed by atoms with Crippen LogP contribution in [0.1, 0.15) is 106 Å². The summed E-state index contributed by atoms with van der Waals surface area (Å²) < 4.78 is 6.24. The molecule has 0 aliphatic heterocycles. The van der Waals surface area contributed by atoms with Crippen LogP contribution in [0.2, 0.25) is 0 Å².